The average Bonchev–Trinajstić information content (AvgIpc) is 3.46. The number of hydrogen-bond acceptors (Lipinski definition) is 0. The van der Waals surface area contributed by atoms with Gasteiger partial charge in [-0.3, -0.25) is 6.08 Å². The van der Waals surface area contributed by atoms with Crippen molar-refractivity contribution in [2.45, 2.75) is 71.6 Å². The number of halogens is 1. The van der Waals surface area contributed by atoms with Crippen LogP contribution in [0.2, 0.25) is 0 Å². The van der Waals surface area contributed by atoms with Gasteiger partial charge in [0.1, 0.15) is 0 Å². The van der Waals surface area contributed by atoms with Crippen molar-refractivity contribution < 1.29 is 24.2 Å². The second-order valence-electron chi connectivity index (χ2n) is 7.84. The number of fused-ring (bicyclic) bond motifs is 3. The Morgan fingerprint density at radius 3 is 1.74 bits per heavy atom. The van der Waals surface area contributed by atoms with Crippen LogP contribution in [-0.2, 0) is 24.2 Å². The van der Waals surface area contributed by atoms with E-state index in [9.17, 15) is 0 Å². The molecule has 1 aliphatic carbocycles. The zero-order valence-corrected chi connectivity index (χ0v) is 22.5. The Morgan fingerprint density at radius 1 is 0.839 bits per heavy atom. The van der Waals surface area contributed by atoms with Crippen LogP contribution in [0.15, 0.2) is 72.8 Å². The molecule has 1 aliphatic rings. The van der Waals surface area contributed by atoms with Crippen molar-refractivity contribution in [1.82, 2.24) is 0 Å². The van der Waals surface area contributed by atoms with E-state index < -0.39 is 0 Å². The summed E-state index contributed by atoms with van der Waals surface area (Å²) in [6.07, 6.45) is 21.3. The molecule has 4 rings (SSSR count). The fourth-order valence-electron chi connectivity index (χ4n) is 3.55. The van der Waals surface area contributed by atoms with Crippen molar-refractivity contribution in [1.29, 1.82) is 0 Å². The monoisotopic (exact) mass is 510 g/mol. The molecule has 0 N–H and O–H groups in total. The van der Waals surface area contributed by atoms with Gasteiger partial charge in [0, 0.05) is 0 Å². The van der Waals surface area contributed by atoms with Crippen molar-refractivity contribution in [2.75, 3.05) is 0 Å². The summed E-state index contributed by atoms with van der Waals surface area (Å²) in [5, 5.41) is 5.39. The molecule has 0 heterocycles. The van der Waals surface area contributed by atoms with E-state index in [-0.39, 0.29) is 12.4 Å². The van der Waals surface area contributed by atoms with Gasteiger partial charge in [0.2, 0.25) is 0 Å². The minimum atomic E-state index is 0. The third-order valence-corrected chi connectivity index (χ3v) is 6.50. The Labute approximate surface area is 210 Å². The van der Waals surface area contributed by atoms with Gasteiger partial charge in [-0.15, -0.1) is 58.6 Å². The van der Waals surface area contributed by atoms with Gasteiger partial charge in [-0.2, -0.15) is 6.08 Å². The van der Waals surface area contributed by atoms with Crippen LogP contribution in [0, 0.1) is 6.08 Å². The number of unbranched alkanes of at least 4 members (excludes halogenated alkanes) is 4. The van der Waals surface area contributed by atoms with Gasteiger partial charge in [0.05, 0.1) is 0 Å². The molecule has 0 saturated heterocycles. The summed E-state index contributed by atoms with van der Waals surface area (Å²) >= 11 is 1.69. The van der Waals surface area contributed by atoms with Gasteiger partial charge in [-0.1, -0.05) is 36.4 Å². The van der Waals surface area contributed by atoms with Gasteiger partial charge < -0.3 is 0 Å². The predicted molar refractivity (Wildman–Crippen MR) is 139 cm³/mol. The third kappa shape index (κ3) is 10.8. The van der Waals surface area contributed by atoms with Crippen LogP contribution in [0.5, 0.6) is 0 Å². The molecule has 0 aliphatic heterocycles. The average molecular weight is 512 g/mol. The molecule has 3 aromatic carbocycles. The fourth-order valence-corrected chi connectivity index (χ4v) is 4.41. The van der Waals surface area contributed by atoms with E-state index in [0.717, 1.165) is 6.42 Å². The summed E-state index contributed by atoms with van der Waals surface area (Å²) in [4.78, 5) is 0. The first kappa shape index (κ1) is 27.9. The topological polar surface area (TPSA) is 0 Å². The Kier molecular flexibility index (Phi) is 15.6. The van der Waals surface area contributed by atoms with Crippen molar-refractivity contribution in [2.24, 2.45) is 0 Å². The first-order valence-electron chi connectivity index (χ1n) is 11.6. The smallest absolute Gasteiger partial charge is 0.0771 e. The van der Waals surface area contributed by atoms with Crippen molar-refractivity contribution >= 4 is 37.2 Å². The summed E-state index contributed by atoms with van der Waals surface area (Å²) in [5.74, 6) is 0. The molecule has 0 nitrogen and oxygen atoms in total. The largest absolute Gasteiger partial charge is 0.273 e. The van der Waals surface area contributed by atoms with E-state index in [1.54, 1.807) is 24.2 Å². The Morgan fingerprint density at radius 2 is 1.35 bits per heavy atom. The summed E-state index contributed by atoms with van der Waals surface area (Å²) in [6.45, 7) is 4.56. The molecule has 0 fully saturated rings. The molecular weight excluding hydrogens is 475 g/mol. The SMILES string of the molecule is CCCCC[C](=[Zr+2])CCCCC.Cl.[C-]1=CC=CC1.c1ccc2c(c1)[cH-]c1ccccc12. The van der Waals surface area contributed by atoms with Crippen molar-refractivity contribution in [3.05, 3.63) is 78.9 Å². The molecule has 0 spiro atoms. The van der Waals surface area contributed by atoms with E-state index in [4.69, 9.17) is 0 Å². The molecule has 164 valence electrons. The number of benzene rings is 2. The molecule has 0 amide bonds. The quantitative estimate of drug-likeness (QED) is 0.209. The molecule has 0 aromatic heterocycles. The number of rotatable bonds is 8. The zero-order chi connectivity index (χ0) is 21.4. The van der Waals surface area contributed by atoms with Crippen LogP contribution in [-0.4, -0.2) is 3.21 Å². The van der Waals surface area contributed by atoms with E-state index >= 15 is 0 Å². The standard InChI is InChI=1S/C13H9.C11H22.C5H5.ClH.Zr/c1-3-7-12-10(5-1)9-11-6-2-4-8-13(11)12;1-3-5-7-9-11-10-8-6-4-2;1-2-4-5-3-1;;/h1-9H;3-10H2,1-2H3;1-3H,4H2;1H;/q-1;;-1;;+2. The minimum Gasteiger partial charge on any atom is -0.273 e. The number of allylic oxidation sites excluding steroid dienone is 4. The van der Waals surface area contributed by atoms with E-state index in [1.165, 1.54) is 72.9 Å². The first-order valence-corrected chi connectivity index (χ1v) is 12.8. The molecule has 3 aromatic rings. The molecule has 31 heavy (non-hydrogen) atoms. The van der Waals surface area contributed by atoms with E-state index in [0.29, 0.717) is 0 Å². The van der Waals surface area contributed by atoms with Crippen LogP contribution in [0.3, 0.4) is 0 Å². The van der Waals surface area contributed by atoms with Crippen LogP contribution >= 0.6 is 12.4 Å². The summed E-state index contributed by atoms with van der Waals surface area (Å²) in [5.41, 5.74) is 0. The zero-order valence-electron chi connectivity index (χ0n) is 19.2. The van der Waals surface area contributed by atoms with Gasteiger partial charge in [-0.25, -0.2) is 12.2 Å². The van der Waals surface area contributed by atoms with Crippen LogP contribution < -0.4 is 0 Å². The number of hydrogen-bond donors (Lipinski definition) is 0. The molecule has 0 unspecified atom stereocenters. The molecular formula is C29H37ClZr. The van der Waals surface area contributed by atoms with Gasteiger partial charge in [0.15, 0.2) is 0 Å². The molecule has 0 atom stereocenters. The summed E-state index contributed by atoms with van der Waals surface area (Å²) in [6, 6.07) is 19.3. The maximum Gasteiger partial charge on any atom is -0.0771 e. The Bertz CT molecular complexity index is 860. The van der Waals surface area contributed by atoms with Gasteiger partial charge in [-0.05, 0) is 0 Å². The van der Waals surface area contributed by atoms with E-state index in [2.05, 4.69) is 80.6 Å². The maximum atomic E-state index is 2.99. The van der Waals surface area contributed by atoms with Gasteiger partial charge in [0.25, 0.3) is 0 Å². The Hall–Kier alpha value is -1.17. The summed E-state index contributed by atoms with van der Waals surface area (Å²) < 4.78 is 1.81. The van der Waals surface area contributed by atoms with Gasteiger partial charge >= 0.3 is 92.7 Å². The van der Waals surface area contributed by atoms with Crippen molar-refractivity contribution in [3.8, 4) is 0 Å². The molecule has 0 bridgehead atoms. The second kappa shape index (κ2) is 17.4. The third-order valence-electron chi connectivity index (χ3n) is 5.27. The minimum absolute atomic E-state index is 0. The van der Waals surface area contributed by atoms with Crippen LogP contribution in [0.4, 0.5) is 0 Å². The normalized spacial score (nSPS) is 11.5. The van der Waals surface area contributed by atoms with E-state index in [1.807, 2.05) is 15.4 Å². The molecule has 2 heteroatoms. The summed E-state index contributed by atoms with van der Waals surface area (Å²) in [7, 11) is 0. The first-order chi connectivity index (χ1) is 14.8. The molecule has 0 saturated carbocycles. The Balaban J connectivity index is 0.000000249. The molecule has 0 radical (unpaired) electrons. The maximum absolute atomic E-state index is 2.99. The van der Waals surface area contributed by atoms with Crippen LogP contribution in [0.1, 0.15) is 71.6 Å². The van der Waals surface area contributed by atoms with Crippen molar-refractivity contribution in [3.63, 3.8) is 0 Å². The predicted octanol–water partition coefficient (Wildman–Crippen LogP) is 9.31. The fraction of sp³-hybridized carbons (Fsp3) is 0.379. The van der Waals surface area contributed by atoms with Crippen LogP contribution in [0.25, 0.3) is 21.5 Å². The second-order valence-corrected chi connectivity index (χ2v) is 9.58.